The summed E-state index contributed by atoms with van der Waals surface area (Å²) < 4.78 is 0. The largest absolute Gasteiger partial charge is 0.354 e. The van der Waals surface area contributed by atoms with Crippen molar-refractivity contribution in [3.63, 3.8) is 0 Å². The highest BCUT2D eigenvalue weighted by Crippen LogP contribution is 2.19. The Labute approximate surface area is 131 Å². The zero-order chi connectivity index (χ0) is 15.2. The van der Waals surface area contributed by atoms with Gasteiger partial charge in [0.15, 0.2) is 0 Å². The third-order valence-electron chi connectivity index (χ3n) is 3.74. The molecule has 1 atom stereocenters. The van der Waals surface area contributed by atoms with Crippen molar-refractivity contribution in [2.24, 2.45) is 5.92 Å². The summed E-state index contributed by atoms with van der Waals surface area (Å²) in [4.78, 5) is 15.1. The molecule has 2 heterocycles. The maximum Gasteiger partial charge on any atom is 0.228 e. The number of rotatable bonds is 7. The molecule has 0 saturated carbocycles. The zero-order valence-electron chi connectivity index (χ0n) is 13.1. The summed E-state index contributed by atoms with van der Waals surface area (Å²) in [6, 6.07) is 0.617. The summed E-state index contributed by atoms with van der Waals surface area (Å²) in [5.74, 6) is 1.72. The van der Waals surface area contributed by atoms with Crippen molar-refractivity contribution in [1.82, 2.24) is 19.9 Å². The monoisotopic (exact) mass is 312 g/mol. The minimum absolute atomic E-state index is 0.223. The maximum absolute atomic E-state index is 5.94. The van der Waals surface area contributed by atoms with E-state index in [1.807, 2.05) is 0 Å². The third kappa shape index (κ3) is 4.97. The first-order valence-corrected chi connectivity index (χ1v) is 8.09. The Morgan fingerprint density at radius 3 is 2.57 bits per heavy atom. The number of hydrogen-bond acceptors (Lipinski definition) is 6. The van der Waals surface area contributed by atoms with Gasteiger partial charge in [0.1, 0.15) is 0 Å². The van der Waals surface area contributed by atoms with Crippen molar-refractivity contribution in [2.75, 3.05) is 36.8 Å². The molecule has 21 heavy (non-hydrogen) atoms. The van der Waals surface area contributed by atoms with Crippen LogP contribution >= 0.6 is 11.6 Å². The lowest BCUT2D eigenvalue weighted by Gasteiger charge is -2.20. The number of nitrogens with zero attached hydrogens (tertiary/aromatic N) is 4. The molecule has 0 spiro atoms. The van der Waals surface area contributed by atoms with Gasteiger partial charge in [0.25, 0.3) is 0 Å². The molecule has 1 aliphatic rings. The maximum atomic E-state index is 5.94. The van der Waals surface area contributed by atoms with Crippen molar-refractivity contribution in [2.45, 2.75) is 39.7 Å². The van der Waals surface area contributed by atoms with Crippen LogP contribution in [0.1, 0.15) is 33.6 Å². The second-order valence-electron chi connectivity index (χ2n) is 5.80. The predicted molar refractivity (Wildman–Crippen MR) is 86.9 cm³/mol. The van der Waals surface area contributed by atoms with Crippen molar-refractivity contribution >= 4 is 23.5 Å². The normalized spacial score (nSPS) is 19.2. The second-order valence-corrected chi connectivity index (χ2v) is 6.14. The topological polar surface area (TPSA) is 66.0 Å². The van der Waals surface area contributed by atoms with Gasteiger partial charge in [-0.25, -0.2) is 0 Å². The van der Waals surface area contributed by atoms with Crippen LogP contribution in [0.5, 0.6) is 0 Å². The second kappa shape index (κ2) is 7.75. The van der Waals surface area contributed by atoms with Crippen LogP contribution in [0.25, 0.3) is 0 Å². The van der Waals surface area contributed by atoms with Gasteiger partial charge in [0, 0.05) is 25.7 Å². The molecule has 1 fully saturated rings. The van der Waals surface area contributed by atoms with Crippen LogP contribution in [0.2, 0.25) is 5.28 Å². The van der Waals surface area contributed by atoms with Crippen molar-refractivity contribution in [3.8, 4) is 0 Å². The smallest absolute Gasteiger partial charge is 0.228 e. The lowest BCUT2D eigenvalue weighted by molar-refractivity contribution is 0.266. The van der Waals surface area contributed by atoms with Gasteiger partial charge >= 0.3 is 0 Å². The Balaban J connectivity index is 1.87. The van der Waals surface area contributed by atoms with E-state index < -0.39 is 0 Å². The number of halogens is 1. The van der Waals surface area contributed by atoms with E-state index in [1.54, 1.807) is 0 Å². The van der Waals surface area contributed by atoms with Gasteiger partial charge in [0.05, 0.1) is 0 Å². The highest BCUT2D eigenvalue weighted by Gasteiger charge is 2.24. The average Bonchev–Trinajstić information content (AvgIpc) is 2.91. The van der Waals surface area contributed by atoms with Crippen LogP contribution in [0.3, 0.4) is 0 Å². The van der Waals surface area contributed by atoms with E-state index in [2.05, 4.69) is 51.3 Å². The molecule has 2 rings (SSSR count). The van der Waals surface area contributed by atoms with E-state index in [4.69, 9.17) is 11.6 Å². The highest BCUT2D eigenvalue weighted by molar-refractivity contribution is 6.28. The lowest BCUT2D eigenvalue weighted by atomic mass is 10.1. The van der Waals surface area contributed by atoms with Crippen molar-refractivity contribution in [1.29, 1.82) is 0 Å². The van der Waals surface area contributed by atoms with Crippen LogP contribution in [0, 0.1) is 5.92 Å². The van der Waals surface area contributed by atoms with E-state index in [0.29, 0.717) is 23.9 Å². The molecule has 118 valence electrons. The summed E-state index contributed by atoms with van der Waals surface area (Å²) in [5, 5.41) is 6.64. The molecule has 7 heteroatoms. The third-order valence-corrected chi connectivity index (χ3v) is 3.91. The molecular formula is C14H25ClN6. The Kier molecular flexibility index (Phi) is 5.99. The molecule has 1 aliphatic heterocycles. The molecule has 0 radical (unpaired) electrons. The van der Waals surface area contributed by atoms with Gasteiger partial charge in [-0.3, -0.25) is 0 Å². The van der Waals surface area contributed by atoms with Gasteiger partial charge in [0.2, 0.25) is 17.2 Å². The minimum atomic E-state index is 0.223. The first-order chi connectivity index (χ1) is 10.1. The number of hydrogen-bond donors (Lipinski definition) is 2. The fourth-order valence-corrected chi connectivity index (χ4v) is 2.64. The molecule has 1 aromatic rings. The first kappa shape index (κ1) is 16.2. The molecule has 0 amide bonds. The Morgan fingerprint density at radius 1 is 1.24 bits per heavy atom. The SMILES string of the molecule is CCCNc1nc(Cl)nc(NCC2CCN(C(C)C)C2)n1. The summed E-state index contributed by atoms with van der Waals surface area (Å²) >= 11 is 5.94. The van der Waals surface area contributed by atoms with Gasteiger partial charge in [-0.2, -0.15) is 15.0 Å². The fourth-order valence-electron chi connectivity index (χ4n) is 2.48. The van der Waals surface area contributed by atoms with Gasteiger partial charge in [-0.15, -0.1) is 0 Å². The lowest BCUT2D eigenvalue weighted by Crippen LogP contribution is -2.29. The molecule has 0 aromatic carbocycles. The standard InChI is InChI=1S/C14H25ClN6/c1-4-6-16-13-18-12(15)19-14(20-13)17-8-11-5-7-21(9-11)10(2)3/h10-11H,4-9H2,1-3H3,(H2,16,17,18,19,20). The molecule has 1 aromatic heterocycles. The molecule has 1 saturated heterocycles. The van der Waals surface area contributed by atoms with Crippen LogP contribution in [-0.4, -0.2) is 52.1 Å². The summed E-state index contributed by atoms with van der Waals surface area (Å²) in [5.41, 5.74) is 0. The quantitative estimate of drug-likeness (QED) is 0.806. The minimum Gasteiger partial charge on any atom is -0.354 e. The van der Waals surface area contributed by atoms with E-state index in [1.165, 1.54) is 13.0 Å². The Bertz CT molecular complexity index is 453. The Morgan fingerprint density at radius 2 is 1.95 bits per heavy atom. The van der Waals surface area contributed by atoms with Crippen molar-refractivity contribution < 1.29 is 0 Å². The van der Waals surface area contributed by atoms with E-state index in [0.717, 1.165) is 26.1 Å². The predicted octanol–water partition coefficient (Wildman–Crippen LogP) is 2.49. The van der Waals surface area contributed by atoms with Crippen molar-refractivity contribution in [3.05, 3.63) is 5.28 Å². The molecule has 0 bridgehead atoms. The fraction of sp³-hybridized carbons (Fsp3) is 0.786. The van der Waals surface area contributed by atoms with Gasteiger partial charge in [-0.1, -0.05) is 6.92 Å². The summed E-state index contributed by atoms with van der Waals surface area (Å²) in [6.07, 6.45) is 2.23. The number of aromatic nitrogens is 3. The highest BCUT2D eigenvalue weighted by atomic mass is 35.5. The van der Waals surface area contributed by atoms with Crippen LogP contribution < -0.4 is 10.6 Å². The van der Waals surface area contributed by atoms with E-state index >= 15 is 0 Å². The summed E-state index contributed by atoms with van der Waals surface area (Å²) in [6.45, 7) is 10.6. The zero-order valence-corrected chi connectivity index (χ0v) is 13.8. The number of nitrogens with one attached hydrogen (secondary N) is 2. The molecular weight excluding hydrogens is 288 g/mol. The first-order valence-electron chi connectivity index (χ1n) is 7.71. The molecule has 0 aliphatic carbocycles. The van der Waals surface area contributed by atoms with E-state index in [9.17, 15) is 0 Å². The van der Waals surface area contributed by atoms with Gasteiger partial charge < -0.3 is 15.5 Å². The van der Waals surface area contributed by atoms with Crippen LogP contribution in [0.15, 0.2) is 0 Å². The Hall–Kier alpha value is -1.14. The number of likely N-dealkylation sites (tertiary alicyclic amines) is 1. The molecule has 6 nitrogen and oxygen atoms in total. The summed E-state index contributed by atoms with van der Waals surface area (Å²) in [7, 11) is 0. The number of anilines is 2. The van der Waals surface area contributed by atoms with Crippen LogP contribution in [-0.2, 0) is 0 Å². The molecule has 2 N–H and O–H groups in total. The van der Waals surface area contributed by atoms with Gasteiger partial charge in [-0.05, 0) is 50.8 Å². The average molecular weight is 313 g/mol. The van der Waals surface area contributed by atoms with Crippen LogP contribution in [0.4, 0.5) is 11.9 Å². The molecule has 1 unspecified atom stereocenters. The van der Waals surface area contributed by atoms with E-state index in [-0.39, 0.29) is 5.28 Å².